The van der Waals surface area contributed by atoms with Gasteiger partial charge in [-0.3, -0.25) is 4.79 Å². The Morgan fingerprint density at radius 2 is 1.90 bits per heavy atom. The van der Waals surface area contributed by atoms with Gasteiger partial charge in [-0.2, -0.15) is 13.2 Å². The lowest BCUT2D eigenvalue weighted by molar-refractivity contribution is -0.246. The standard InChI is InChI=1S/C21H20F3NO4/c22-21(23,24)20(28)17-6-2-1-5-15(17)16-8-7-14(10-18(16)20)29-12-19(27)25-9-3-4-13(25)11-26/h1-2,5-8,10,13,26,28H,3-4,9,11-12H2. The molecule has 1 heterocycles. The Balaban J connectivity index is 1.61. The summed E-state index contributed by atoms with van der Waals surface area (Å²) < 4.78 is 47.0. The molecule has 0 saturated carbocycles. The third-order valence-electron chi connectivity index (χ3n) is 5.67. The molecule has 2 unspecified atom stereocenters. The minimum absolute atomic E-state index is 0.0623. The van der Waals surface area contributed by atoms with E-state index < -0.39 is 11.8 Å². The molecule has 2 atom stereocenters. The van der Waals surface area contributed by atoms with Crippen molar-refractivity contribution in [2.75, 3.05) is 19.8 Å². The first kappa shape index (κ1) is 19.7. The highest BCUT2D eigenvalue weighted by Gasteiger charge is 2.60. The molecule has 29 heavy (non-hydrogen) atoms. The first-order chi connectivity index (χ1) is 13.8. The monoisotopic (exact) mass is 407 g/mol. The molecule has 154 valence electrons. The van der Waals surface area contributed by atoms with E-state index in [1.807, 2.05) is 0 Å². The third kappa shape index (κ3) is 3.07. The highest BCUT2D eigenvalue weighted by Crippen LogP contribution is 2.55. The lowest BCUT2D eigenvalue weighted by atomic mass is 9.91. The van der Waals surface area contributed by atoms with Crippen LogP contribution >= 0.6 is 0 Å². The topological polar surface area (TPSA) is 70.0 Å². The number of hydrogen-bond acceptors (Lipinski definition) is 4. The van der Waals surface area contributed by atoms with Crippen LogP contribution in [-0.2, 0) is 10.4 Å². The summed E-state index contributed by atoms with van der Waals surface area (Å²) in [7, 11) is 0. The van der Waals surface area contributed by atoms with Crippen LogP contribution in [0.25, 0.3) is 11.1 Å². The maximum atomic E-state index is 13.9. The van der Waals surface area contributed by atoms with E-state index in [1.54, 1.807) is 6.07 Å². The van der Waals surface area contributed by atoms with E-state index in [0.29, 0.717) is 18.5 Å². The van der Waals surface area contributed by atoms with Gasteiger partial charge in [0.15, 0.2) is 6.61 Å². The van der Waals surface area contributed by atoms with Gasteiger partial charge in [0.25, 0.3) is 5.91 Å². The van der Waals surface area contributed by atoms with Gasteiger partial charge in [0, 0.05) is 17.7 Å². The van der Waals surface area contributed by atoms with Gasteiger partial charge in [0.2, 0.25) is 5.60 Å². The maximum Gasteiger partial charge on any atom is 0.425 e. The molecule has 0 radical (unpaired) electrons. The predicted octanol–water partition coefficient (Wildman–Crippen LogP) is 2.83. The molecule has 1 amide bonds. The second kappa shape index (κ2) is 7.03. The number of ether oxygens (including phenoxy) is 1. The van der Waals surface area contributed by atoms with Crippen LogP contribution in [0.4, 0.5) is 13.2 Å². The van der Waals surface area contributed by atoms with E-state index in [1.165, 1.54) is 35.2 Å². The van der Waals surface area contributed by atoms with E-state index in [0.717, 1.165) is 12.5 Å². The van der Waals surface area contributed by atoms with Gasteiger partial charge in [-0.05, 0) is 36.1 Å². The Labute approximate surface area is 165 Å². The van der Waals surface area contributed by atoms with Crippen molar-refractivity contribution in [3.05, 3.63) is 53.6 Å². The molecule has 2 aromatic carbocycles. The number of fused-ring (bicyclic) bond motifs is 3. The van der Waals surface area contributed by atoms with Crippen LogP contribution < -0.4 is 4.74 Å². The Morgan fingerprint density at radius 1 is 1.17 bits per heavy atom. The molecule has 2 aromatic rings. The average Bonchev–Trinajstić information content (AvgIpc) is 3.28. The van der Waals surface area contributed by atoms with Crippen molar-refractivity contribution in [2.24, 2.45) is 0 Å². The summed E-state index contributed by atoms with van der Waals surface area (Å²) in [6, 6.07) is 9.69. The molecular formula is C21H20F3NO4. The largest absolute Gasteiger partial charge is 0.484 e. The number of carbonyl (C=O) groups is 1. The van der Waals surface area contributed by atoms with Crippen molar-refractivity contribution < 1.29 is 32.9 Å². The summed E-state index contributed by atoms with van der Waals surface area (Å²) in [4.78, 5) is 13.9. The maximum absolute atomic E-state index is 13.9. The van der Waals surface area contributed by atoms with E-state index in [-0.39, 0.29) is 47.6 Å². The van der Waals surface area contributed by atoms with Gasteiger partial charge in [-0.25, -0.2) is 0 Å². The molecule has 2 N–H and O–H groups in total. The third-order valence-corrected chi connectivity index (χ3v) is 5.67. The molecule has 1 aliphatic carbocycles. The second-order valence-electron chi connectivity index (χ2n) is 7.32. The molecule has 0 bridgehead atoms. The van der Waals surface area contributed by atoms with Crippen LogP contribution in [0.5, 0.6) is 5.75 Å². The number of aliphatic hydroxyl groups excluding tert-OH is 1. The van der Waals surface area contributed by atoms with Crippen molar-refractivity contribution >= 4 is 5.91 Å². The summed E-state index contributed by atoms with van der Waals surface area (Å²) in [6.07, 6.45) is -3.43. The van der Waals surface area contributed by atoms with Gasteiger partial charge < -0.3 is 19.8 Å². The molecule has 2 aliphatic rings. The van der Waals surface area contributed by atoms with Gasteiger partial charge in [0.1, 0.15) is 5.75 Å². The number of carbonyl (C=O) groups excluding carboxylic acids is 1. The molecule has 1 fully saturated rings. The number of amides is 1. The van der Waals surface area contributed by atoms with Crippen LogP contribution in [0.3, 0.4) is 0 Å². The van der Waals surface area contributed by atoms with Crippen molar-refractivity contribution in [1.29, 1.82) is 0 Å². The van der Waals surface area contributed by atoms with Crippen molar-refractivity contribution in [1.82, 2.24) is 4.90 Å². The average molecular weight is 407 g/mol. The van der Waals surface area contributed by atoms with E-state index in [2.05, 4.69) is 0 Å². The number of halogens is 3. The number of aliphatic hydroxyl groups is 2. The summed E-state index contributed by atoms with van der Waals surface area (Å²) in [5.41, 5.74) is -3.09. The Kier molecular flexibility index (Phi) is 4.78. The highest BCUT2D eigenvalue weighted by atomic mass is 19.4. The summed E-state index contributed by atoms with van der Waals surface area (Å²) in [5, 5.41) is 20.0. The van der Waals surface area contributed by atoms with Crippen LogP contribution in [0.15, 0.2) is 42.5 Å². The Bertz CT molecular complexity index is 946. The number of hydrogen-bond donors (Lipinski definition) is 2. The predicted molar refractivity (Wildman–Crippen MR) is 98.2 cm³/mol. The van der Waals surface area contributed by atoms with Crippen molar-refractivity contribution in [3.8, 4) is 16.9 Å². The van der Waals surface area contributed by atoms with Gasteiger partial charge in [-0.15, -0.1) is 0 Å². The number of likely N-dealkylation sites (tertiary alicyclic amines) is 1. The normalized spacial score (nSPS) is 23.1. The zero-order chi connectivity index (χ0) is 20.8. The number of benzene rings is 2. The van der Waals surface area contributed by atoms with Gasteiger partial charge in [0.05, 0.1) is 12.6 Å². The molecule has 1 saturated heterocycles. The Morgan fingerprint density at radius 3 is 2.62 bits per heavy atom. The highest BCUT2D eigenvalue weighted by molar-refractivity contribution is 5.81. The molecule has 8 heteroatoms. The van der Waals surface area contributed by atoms with Crippen LogP contribution in [0.2, 0.25) is 0 Å². The lowest BCUT2D eigenvalue weighted by Crippen LogP contribution is -2.41. The molecule has 0 spiro atoms. The molecular weight excluding hydrogens is 387 g/mol. The molecule has 4 rings (SSSR count). The second-order valence-corrected chi connectivity index (χ2v) is 7.32. The molecule has 0 aromatic heterocycles. The number of rotatable bonds is 4. The quantitative estimate of drug-likeness (QED) is 0.818. The van der Waals surface area contributed by atoms with E-state index >= 15 is 0 Å². The molecule has 1 aliphatic heterocycles. The zero-order valence-corrected chi connectivity index (χ0v) is 15.4. The number of nitrogens with zero attached hydrogens (tertiary/aromatic N) is 1. The minimum atomic E-state index is -4.92. The van der Waals surface area contributed by atoms with Crippen LogP contribution in [-0.4, -0.2) is 53.0 Å². The SMILES string of the molecule is O=C(COc1ccc2c(c1)C(O)(C(F)(F)F)c1ccccc1-2)N1CCCC1CO. The van der Waals surface area contributed by atoms with Gasteiger partial charge >= 0.3 is 6.18 Å². The first-order valence-electron chi connectivity index (χ1n) is 9.34. The Hall–Kier alpha value is -2.58. The fourth-order valence-electron chi connectivity index (χ4n) is 4.21. The zero-order valence-electron chi connectivity index (χ0n) is 15.4. The summed E-state index contributed by atoms with van der Waals surface area (Å²) in [6.45, 7) is 0.0227. The minimum Gasteiger partial charge on any atom is -0.484 e. The fraction of sp³-hybridized carbons (Fsp3) is 0.381. The fourth-order valence-corrected chi connectivity index (χ4v) is 4.21. The molecule has 5 nitrogen and oxygen atoms in total. The van der Waals surface area contributed by atoms with Gasteiger partial charge in [-0.1, -0.05) is 30.3 Å². The van der Waals surface area contributed by atoms with Crippen LogP contribution in [0.1, 0.15) is 24.0 Å². The summed E-state index contributed by atoms with van der Waals surface area (Å²) >= 11 is 0. The first-order valence-corrected chi connectivity index (χ1v) is 9.34. The smallest absolute Gasteiger partial charge is 0.425 e. The van der Waals surface area contributed by atoms with Crippen molar-refractivity contribution in [2.45, 2.75) is 30.7 Å². The van der Waals surface area contributed by atoms with E-state index in [9.17, 15) is 28.2 Å². The number of alkyl halides is 3. The van der Waals surface area contributed by atoms with Crippen LogP contribution in [0, 0.1) is 0 Å². The lowest BCUT2D eigenvalue weighted by Gasteiger charge is -2.28. The van der Waals surface area contributed by atoms with Crippen molar-refractivity contribution in [3.63, 3.8) is 0 Å². The van der Waals surface area contributed by atoms with E-state index in [4.69, 9.17) is 4.74 Å². The summed E-state index contributed by atoms with van der Waals surface area (Å²) in [5.74, 6) is -0.274.